The first-order valence-corrected chi connectivity index (χ1v) is 9.72. The zero-order valence-corrected chi connectivity index (χ0v) is 16.7. The van der Waals surface area contributed by atoms with Crippen LogP contribution < -0.4 is 5.32 Å². The lowest BCUT2D eigenvalue weighted by atomic mass is 9.62. The number of esters is 1. The molecule has 0 aromatic rings. The van der Waals surface area contributed by atoms with Crippen molar-refractivity contribution in [2.45, 2.75) is 64.3 Å². The van der Waals surface area contributed by atoms with Crippen LogP contribution in [0, 0.1) is 17.8 Å². The molecule has 2 N–H and O–H groups in total. The van der Waals surface area contributed by atoms with Crippen molar-refractivity contribution in [3.8, 4) is 0 Å². The van der Waals surface area contributed by atoms with Crippen molar-refractivity contribution in [2.75, 3.05) is 19.8 Å². The van der Waals surface area contributed by atoms with Crippen LogP contribution >= 0.6 is 0 Å². The highest BCUT2D eigenvalue weighted by Gasteiger charge is 2.80. The van der Waals surface area contributed by atoms with Crippen molar-refractivity contribution in [1.82, 2.24) is 10.2 Å². The summed E-state index contributed by atoms with van der Waals surface area (Å²) in [6.45, 7) is 9.21. The van der Waals surface area contributed by atoms with Crippen LogP contribution in [0.5, 0.6) is 0 Å². The summed E-state index contributed by atoms with van der Waals surface area (Å²) in [4.78, 5) is 40.5. The van der Waals surface area contributed by atoms with Gasteiger partial charge in [-0.05, 0) is 40.0 Å². The Balaban J connectivity index is 2.08. The SMILES string of the molecule is CCOC(=O)[C@@H]1[C@H]2C(=O)N(CCO)C(C(=O)NC(C)C)C23CC(C)[C@@]1(C)O3. The van der Waals surface area contributed by atoms with Gasteiger partial charge in [-0.15, -0.1) is 0 Å². The molecule has 8 nitrogen and oxygen atoms in total. The number of likely N-dealkylation sites (tertiary alicyclic amines) is 1. The third-order valence-corrected chi connectivity index (χ3v) is 6.38. The van der Waals surface area contributed by atoms with Crippen LogP contribution in [0.2, 0.25) is 0 Å². The first kappa shape index (κ1) is 20.1. The Morgan fingerprint density at radius 3 is 2.67 bits per heavy atom. The molecule has 3 aliphatic heterocycles. The maximum atomic E-state index is 13.3. The Hall–Kier alpha value is -1.67. The molecular weight excluding hydrogens is 352 g/mol. The van der Waals surface area contributed by atoms with Crippen molar-refractivity contribution in [1.29, 1.82) is 0 Å². The number of hydrogen-bond donors (Lipinski definition) is 2. The molecule has 3 fully saturated rings. The first-order chi connectivity index (χ1) is 12.6. The number of ether oxygens (including phenoxy) is 2. The lowest BCUT2D eigenvalue weighted by Gasteiger charge is -2.35. The highest BCUT2D eigenvalue weighted by Crippen LogP contribution is 2.65. The average molecular weight is 382 g/mol. The summed E-state index contributed by atoms with van der Waals surface area (Å²) in [5, 5.41) is 12.3. The van der Waals surface area contributed by atoms with Gasteiger partial charge in [0.1, 0.15) is 17.6 Å². The second-order valence-electron chi connectivity index (χ2n) is 8.37. The molecule has 6 atom stereocenters. The normalized spacial score (nSPS) is 39.8. The smallest absolute Gasteiger partial charge is 0.312 e. The Morgan fingerprint density at radius 1 is 1.44 bits per heavy atom. The van der Waals surface area contributed by atoms with E-state index in [9.17, 15) is 19.5 Å². The summed E-state index contributed by atoms with van der Waals surface area (Å²) in [5.74, 6) is -2.63. The number of aliphatic hydroxyl groups excluding tert-OH is 1. The zero-order chi connectivity index (χ0) is 20.1. The van der Waals surface area contributed by atoms with Gasteiger partial charge < -0.3 is 24.8 Å². The Labute approximate surface area is 159 Å². The summed E-state index contributed by atoms with van der Waals surface area (Å²) in [7, 11) is 0. The maximum Gasteiger partial charge on any atom is 0.312 e. The van der Waals surface area contributed by atoms with Crippen molar-refractivity contribution < 1.29 is 29.0 Å². The minimum Gasteiger partial charge on any atom is -0.466 e. The molecular formula is C19H30N2O6. The molecule has 3 heterocycles. The van der Waals surface area contributed by atoms with E-state index in [1.54, 1.807) is 6.92 Å². The van der Waals surface area contributed by atoms with Crippen LogP contribution in [0.3, 0.4) is 0 Å². The van der Waals surface area contributed by atoms with Crippen LogP contribution in [0.15, 0.2) is 0 Å². The van der Waals surface area contributed by atoms with E-state index in [0.29, 0.717) is 6.42 Å². The Bertz CT molecular complexity index is 652. The average Bonchev–Trinajstić information content (AvgIpc) is 3.06. The lowest BCUT2D eigenvalue weighted by molar-refractivity contribution is -0.161. The number of β-amino-alcohol motifs (C(OH)–C–C–N with tert-alkyl or cyclic N) is 1. The second-order valence-corrected chi connectivity index (χ2v) is 8.37. The summed E-state index contributed by atoms with van der Waals surface area (Å²) in [5.41, 5.74) is -1.93. The summed E-state index contributed by atoms with van der Waals surface area (Å²) >= 11 is 0. The third kappa shape index (κ3) is 2.68. The molecule has 8 heteroatoms. The van der Waals surface area contributed by atoms with Crippen molar-refractivity contribution in [2.24, 2.45) is 17.8 Å². The van der Waals surface area contributed by atoms with Gasteiger partial charge in [0.25, 0.3) is 0 Å². The molecule has 0 aliphatic carbocycles. The molecule has 2 amide bonds. The summed E-state index contributed by atoms with van der Waals surface area (Å²) < 4.78 is 11.7. The monoisotopic (exact) mass is 382 g/mol. The van der Waals surface area contributed by atoms with E-state index < -0.39 is 35.0 Å². The highest BCUT2D eigenvalue weighted by molar-refractivity contribution is 5.98. The number of carbonyl (C=O) groups excluding carboxylic acids is 3. The minimum atomic E-state index is -1.07. The number of amides is 2. The Morgan fingerprint density at radius 2 is 2.11 bits per heavy atom. The molecule has 0 aromatic heterocycles. The van der Waals surface area contributed by atoms with E-state index in [4.69, 9.17) is 9.47 Å². The van der Waals surface area contributed by atoms with Gasteiger partial charge in [0, 0.05) is 12.6 Å². The topological polar surface area (TPSA) is 105 Å². The molecule has 3 aliphatic rings. The number of nitrogens with one attached hydrogen (secondary N) is 1. The number of carbonyl (C=O) groups is 3. The van der Waals surface area contributed by atoms with Gasteiger partial charge in [-0.3, -0.25) is 14.4 Å². The van der Waals surface area contributed by atoms with E-state index in [1.165, 1.54) is 4.90 Å². The van der Waals surface area contributed by atoms with Crippen LogP contribution in [0.4, 0.5) is 0 Å². The third-order valence-electron chi connectivity index (χ3n) is 6.38. The predicted molar refractivity (Wildman–Crippen MR) is 95.5 cm³/mol. The minimum absolute atomic E-state index is 0.0145. The van der Waals surface area contributed by atoms with E-state index >= 15 is 0 Å². The number of rotatable bonds is 6. The molecule has 3 unspecified atom stereocenters. The number of aliphatic hydroxyl groups is 1. The predicted octanol–water partition coefficient (Wildman–Crippen LogP) is 0.0771. The molecule has 2 bridgehead atoms. The number of fused-ring (bicyclic) bond motifs is 1. The van der Waals surface area contributed by atoms with E-state index in [-0.39, 0.29) is 43.5 Å². The molecule has 1 spiro atoms. The fourth-order valence-corrected chi connectivity index (χ4v) is 5.34. The fourth-order valence-electron chi connectivity index (χ4n) is 5.34. The van der Waals surface area contributed by atoms with Crippen molar-refractivity contribution >= 4 is 17.8 Å². The molecule has 3 saturated heterocycles. The number of nitrogens with zero attached hydrogens (tertiary/aromatic N) is 1. The van der Waals surface area contributed by atoms with Crippen LogP contribution in [-0.2, 0) is 23.9 Å². The maximum absolute atomic E-state index is 13.3. The van der Waals surface area contributed by atoms with E-state index in [1.807, 2.05) is 27.7 Å². The zero-order valence-electron chi connectivity index (χ0n) is 16.7. The molecule has 152 valence electrons. The van der Waals surface area contributed by atoms with Crippen molar-refractivity contribution in [3.63, 3.8) is 0 Å². The van der Waals surface area contributed by atoms with Gasteiger partial charge in [-0.2, -0.15) is 0 Å². The van der Waals surface area contributed by atoms with Gasteiger partial charge in [-0.25, -0.2) is 0 Å². The van der Waals surface area contributed by atoms with Gasteiger partial charge >= 0.3 is 5.97 Å². The standard InChI is InChI=1S/C19H30N2O6/c1-6-26-17(25)13-12-16(24)21(7-8-22)14(15(23)20-10(2)3)19(12)9-11(4)18(13,5)27-19/h10-14,22H,6-9H2,1-5H3,(H,20,23)/t11?,12-,13-,14?,18+,19?/m0/s1. The molecule has 0 radical (unpaired) electrons. The van der Waals surface area contributed by atoms with Gasteiger partial charge in [0.15, 0.2) is 0 Å². The lowest BCUT2D eigenvalue weighted by Crippen LogP contribution is -2.56. The van der Waals surface area contributed by atoms with Crippen LogP contribution in [-0.4, -0.2) is 70.8 Å². The second kappa shape index (κ2) is 6.74. The molecule has 0 aromatic carbocycles. The summed E-state index contributed by atoms with van der Waals surface area (Å²) in [6, 6.07) is -0.972. The Kier molecular flexibility index (Phi) is 5.01. The number of hydrogen-bond acceptors (Lipinski definition) is 6. The highest BCUT2D eigenvalue weighted by atomic mass is 16.6. The first-order valence-electron chi connectivity index (χ1n) is 9.72. The van der Waals surface area contributed by atoms with Crippen LogP contribution in [0.25, 0.3) is 0 Å². The molecule has 0 saturated carbocycles. The fraction of sp³-hybridized carbons (Fsp3) is 0.842. The van der Waals surface area contributed by atoms with Gasteiger partial charge in [0.05, 0.1) is 24.7 Å². The summed E-state index contributed by atoms with van der Waals surface area (Å²) in [6.07, 6.45) is 0.508. The van der Waals surface area contributed by atoms with Gasteiger partial charge in [0.2, 0.25) is 11.8 Å². The molecule has 27 heavy (non-hydrogen) atoms. The van der Waals surface area contributed by atoms with Crippen LogP contribution in [0.1, 0.15) is 41.0 Å². The van der Waals surface area contributed by atoms with Crippen molar-refractivity contribution in [3.05, 3.63) is 0 Å². The quantitative estimate of drug-likeness (QED) is 0.630. The molecule has 3 rings (SSSR count). The van der Waals surface area contributed by atoms with Gasteiger partial charge in [-0.1, -0.05) is 6.92 Å². The van der Waals surface area contributed by atoms with E-state index in [0.717, 1.165) is 0 Å². The van der Waals surface area contributed by atoms with E-state index in [2.05, 4.69) is 5.32 Å². The largest absolute Gasteiger partial charge is 0.466 e.